The van der Waals surface area contributed by atoms with Gasteiger partial charge in [0.05, 0.1) is 16.3 Å². The molecule has 0 aliphatic heterocycles. The van der Waals surface area contributed by atoms with E-state index in [2.05, 4.69) is 15.5 Å². The monoisotopic (exact) mass is 527 g/mol. The van der Waals surface area contributed by atoms with E-state index in [-0.39, 0.29) is 28.2 Å². The van der Waals surface area contributed by atoms with Crippen LogP contribution in [0.5, 0.6) is 5.75 Å². The number of amides is 1. The molecule has 0 atom stereocenters. The molecule has 174 valence electrons. The lowest BCUT2D eigenvalue weighted by Gasteiger charge is -2.09. The van der Waals surface area contributed by atoms with Gasteiger partial charge in [-0.3, -0.25) is 9.59 Å². The number of hydrogen-bond acceptors (Lipinski definition) is 9. The first-order chi connectivity index (χ1) is 15.8. The van der Waals surface area contributed by atoms with E-state index in [0.717, 1.165) is 19.1 Å². The first kappa shape index (κ1) is 25.2. The summed E-state index contributed by atoms with van der Waals surface area (Å²) in [7, 11) is 0. The van der Waals surface area contributed by atoms with Crippen molar-refractivity contribution in [3.63, 3.8) is 0 Å². The Kier molecular flexibility index (Phi) is 8.90. The van der Waals surface area contributed by atoms with Crippen molar-refractivity contribution in [1.82, 2.24) is 10.2 Å². The summed E-state index contributed by atoms with van der Waals surface area (Å²) in [5, 5.41) is 11.6. The van der Waals surface area contributed by atoms with E-state index < -0.39 is 11.4 Å². The van der Waals surface area contributed by atoms with Crippen molar-refractivity contribution in [3.8, 4) is 5.75 Å². The molecule has 0 bridgehead atoms. The zero-order valence-corrected chi connectivity index (χ0v) is 20.7. The fourth-order valence-electron chi connectivity index (χ4n) is 2.72. The number of esters is 1. The summed E-state index contributed by atoms with van der Waals surface area (Å²) >= 11 is 14.4. The molecule has 0 aliphatic carbocycles. The molecule has 2 aromatic heterocycles. The van der Waals surface area contributed by atoms with Crippen molar-refractivity contribution in [3.05, 3.63) is 62.1 Å². The molecule has 0 saturated carbocycles. The average molecular weight is 528 g/mol. The van der Waals surface area contributed by atoms with E-state index >= 15 is 0 Å². The van der Waals surface area contributed by atoms with Crippen LogP contribution in [0.1, 0.15) is 42.8 Å². The molecule has 2 heterocycles. The fraction of sp³-hybridized carbons (Fsp3) is 0.286. The van der Waals surface area contributed by atoms with Gasteiger partial charge in [0.1, 0.15) is 12.0 Å². The predicted molar refractivity (Wildman–Crippen MR) is 129 cm³/mol. The van der Waals surface area contributed by atoms with Gasteiger partial charge < -0.3 is 14.5 Å². The van der Waals surface area contributed by atoms with Crippen molar-refractivity contribution in [1.29, 1.82) is 0 Å². The van der Waals surface area contributed by atoms with Crippen LogP contribution in [0.3, 0.4) is 0 Å². The Morgan fingerprint density at radius 3 is 2.67 bits per heavy atom. The smallest absolute Gasteiger partial charge is 0.345 e. The van der Waals surface area contributed by atoms with E-state index in [1.165, 1.54) is 47.4 Å². The standard InChI is InChI=1S/C21H19Cl2N3O5S2/c1-3-11(4-2)18(28)24-20-25-26-21(33-20)32-10-13-8-16(27)17(9-30-13)31-19(29)14-7-12(22)5-6-15(14)23/h5-9,11H,3-4,10H2,1-2H3,(H,24,25,28). The predicted octanol–water partition coefficient (Wildman–Crippen LogP) is 5.68. The fourth-order valence-corrected chi connectivity index (χ4v) is 4.73. The molecule has 33 heavy (non-hydrogen) atoms. The molecule has 1 N–H and O–H groups in total. The Morgan fingerprint density at radius 2 is 1.97 bits per heavy atom. The second kappa shape index (κ2) is 11.6. The van der Waals surface area contributed by atoms with Crippen LogP contribution >= 0.6 is 46.3 Å². The average Bonchev–Trinajstić information content (AvgIpc) is 3.23. The van der Waals surface area contributed by atoms with Crippen molar-refractivity contribution in [2.45, 2.75) is 36.8 Å². The maximum atomic E-state index is 12.3. The highest BCUT2D eigenvalue weighted by Gasteiger charge is 2.18. The maximum absolute atomic E-state index is 12.3. The van der Waals surface area contributed by atoms with Gasteiger partial charge in [-0.2, -0.15) is 0 Å². The molecule has 12 heteroatoms. The topological polar surface area (TPSA) is 111 Å². The SMILES string of the molecule is CCC(CC)C(=O)Nc1nnc(SCc2cc(=O)c(OC(=O)c3cc(Cl)ccc3Cl)co2)s1. The van der Waals surface area contributed by atoms with Crippen LogP contribution in [0.25, 0.3) is 0 Å². The van der Waals surface area contributed by atoms with Crippen LogP contribution in [0.15, 0.2) is 44.1 Å². The van der Waals surface area contributed by atoms with Gasteiger partial charge in [0.25, 0.3) is 0 Å². The molecule has 0 radical (unpaired) electrons. The van der Waals surface area contributed by atoms with Gasteiger partial charge in [-0.1, -0.05) is 60.1 Å². The van der Waals surface area contributed by atoms with Crippen LogP contribution in [0.4, 0.5) is 5.13 Å². The molecule has 0 fully saturated rings. The number of ether oxygens (including phenoxy) is 1. The second-order valence-electron chi connectivity index (χ2n) is 6.75. The molecule has 8 nitrogen and oxygen atoms in total. The van der Waals surface area contributed by atoms with Crippen molar-refractivity contribution in [2.75, 3.05) is 5.32 Å². The van der Waals surface area contributed by atoms with Crippen LogP contribution in [-0.4, -0.2) is 22.1 Å². The van der Waals surface area contributed by atoms with Gasteiger partial charge in [0.15, 0.2) is 4.34 Å². The zero-order chi connectivity index (χ0) is 24.0. The lowest BCUT2D eigenvalue weighted by Crippen LogP contribution is -2.21. The largest absolute Gasteiger partial charge is 0.464 e. The molecule has 0 aliphatic rings. The number of nitrogens with one attached hydrogen (secondary N) is 1. The van der Waals surface area contributed by atoms with E-state index in [1.807, 2.05) is 13.8 Å². The summed E-state index contributed by atoms with van der Waals surface area (Å²) in [4.78, 5) is 36.8. The lowest BCUT2D eigenvalue weighted by atomic mass is 10.0. The Hall–Kier alpha value is -2.40. The van der Waals surface area contributed by atoms with Gasteiger partial charge in [-0.15, -0.1) is 10.2 Å². The van der Waals surface area contributed by atoms with E-state index in [0.29, 0.717) is 26.0 Å². The minimum absolute atomic E-state index is 0.0338. The highest BCUT2D eigenvalue weighted by molar-refractivity contribution is 8.00. The van der Waals surface area contributed by atoms with Gasteiger partial charge >= 0.3 is 5.97 Å². The highest BCUT2D eigenvalue weighted by atomic mass is 35.5. The summed E-state index contributed by atoms with van der Waals surface area (Å²) in [6.45, 7) is 3.92. The third-order valence-electron chi connectivity index (χ3n) is 4.53. The summed E-state index contributed by atoms with van der Waals surface area (Å²) in [5.41, 5.74) is -0.495. The number of halogens is 2. The molecule has 1 amide bonds. The maximum Gasteiger partial charge on any atom is 0.345 e. The minimum Gasteiger partial charge on any atom is -0.464 e. The minimum atomic E-state index is -0.825. The molecular formula is C21H19Cl2N3O5S2. The van der Waals surface area contributed by atoms with Gasteiger partial charge in [0.2, 0.25) is 22.2 Å². The summed E-state index contributed by atoms with van der Waals surface area (Å²) < 4.78 is 11.1. The van der Waals surface area contributed by atoms with E-state index in [9.17, 15) is 14.4 Å². The summed E-state index contributed by atoms with van der Waals surface area (Å²) in [6, 6.07) is 5.57. The second-order valence-corrected chi connectivity index (χ2v) is 9.80. The van der Waals surface area contributed by atoms with Crippen LogP contribution < -0.4 is 15.5 Å². The van der Waals surface area contributed by atoms with Crippen LogP contribution in [-0.2, 0) is 10.5 Å². The van der Waals surface area contributed by atoms with Gasteiger partial charge in [-0.05, 0) is 31.0 Å². The van der Waals surface area contributed by atoms with E-state index in [1.54, 1.807) is 0 Å². The number of carbonyl (C=O) groups excluding carboxylic acids is 2. The van der Waals surface area contributed by atoms with Crippen molar-refractivity contribution >= 4 is 63.3 Å². The molecule has 0 unspecified atom stereocenters. The van der Waals surface area contributed by atoms with Gasteiger partial charge in [-0.25, -0.2) is 4.79 Å². The molecular weight excluding hydrogens is 509 g/mol. The third kappa shape index (κ3) is 6.80. The van der Waals surface area contributed by atoms with Gasteiger partial charge in [0, 0.05) is 17.0 Å². The number of rotatable bonds is 9. The quantitative estimate of drug-likeness (QED) is 0.214. The Morgan fingerprint density at radius 1 is 1.21 bits per heavy atom. The Bertz CT molecular complexity index is 1210. The first-order valence-electron chi connectivity index (χ1n) is 9.86. The molecule has 3 aromatic rings. The number of hydrogen-bond donors (Lipinski definition) is 1. The highest BCUT2D eigenvalue weighted by Crippen LogP contribution is 2.29. The molecule has 1 aromatic carbocycles. The first-order valence-corrected chi connectivity index (χ1v) is 12.4. The van der Waals surface area contributed by atoms with Crippen LogP contribution in [0, 0.1) is 5.92 Å². The Balaban J connectivity index is 1.59. The normalized spacial score (nSPS) is 10.9. The number of thioether (sulfide) groups is 1. The number of aromatic nitrogens is 2. The summed E-state index contributed by atoms with van der Waals surface area (Å²) in [6.07, 6.45) is 2.56. The van der Waals surface area contributed by atoms with E-state index in [4.69, 9.17) is 32.4 Å². The number of nitrogens with zero attached hydrogens (tertiary/aromatic N) is 2. The molecule has 3 rings (SSSR count). The van der Waals surface area contributed by atoms with Crippen molar-refractivity contribution < 1.29 is 18.7 Å². The number of anilines is 1. The summed E-state index contributed by atoms with van der Waals surface area (Å²) in [5.74, 6) is -0.604. The number of benzene rings is 1. The zero-order valence-electron chi connectivity index (χ0n) is 17.6. The van der Waals surface area contributed by atoms with Crippen LogP contribution in [0.2, 0.25) is 10.0 Å². The number of carbonyl (C=O) groups is 2. The van der Waals surface area contributed by atoms with Crippen molar-refractivity contribution in [2.24, 2.45) is 5.92 Å². The lowest BCUT2D eigenvalue weighted by molar-refractivity contribution is -0.120. The third-order valence-corrected chi connectivity index (χ3v) is 7.09. The molecule has 0 saturated heterocycles. The molecule has 0 spiro atoms. The Labute approximate surface area is 207 Å².